The number of amides is 1. The average molecular weight is 266 g/mol. The van der Waals surface area contributed by atoms with Gasteiger partial charge in [-0.1, -0.05) is 29.8 Å². The third kappa shape index (κ3) is 2.38. The predicted molar refractivity (Wildman–Crippen MR) is 69.6 cm³/mol. The van der Waals surface area contributed by atoms with E-state index in [1.54, 1.807) is 0 Å². The van der Waals surface area contributed by atoms with Crippen LogP contribution in [0.1, 0.15) is 18.4 Å². The molecule has 4 heteroatoms. The van der Waals surface area contributed by atoms with Crippen LogP contribution >= 0.6 is 11.6 Å². The van der Waals surface area contributed by atoms with Crippen LogP contribution in [0.25, 0.3) is 0 Å². The zero-order valence-electron chi connectivity index (χ0n) is 10.1. The van der Waals surface area contributed by atoms with E-state index in [0.29, 0.717) is 11.4 Å². The summed E-state index contributed by atoms with van der Waals surface area (Å²) in [5, 5.41) is 0.669. The van der Waals surface area contributed by atoms with E-state index >= 15 is 0 Å². The smallest absolute Gasteiger partial charge is 0.227 e. The van der Waals surface area contributed by atoms with Crippen LogP contribution in [0.5, 0.6) is 0 Å². The van der Waals surface area contributed by atoms with Gasteiger partial charge in [0.25, 0.3) is 0 Å². The van der Waals surface area contributed by atoms with Gasteiger partial charge in [0.2, 0.25) is 5.91 Å². The number of likely N-dealkylation sites (tertiary alicyclic amines) is 1. The Hall–Kier alpha value is -1.06. The monoisotopic (exact) mass is 265 g/mol. The summed E-state index contributed by atoms with van der Waals surface area (Å²) in [5.74, 6) is 0.156. The number of hydrogen-bond acceptors (Lipinski definition) is 2. The molecule has 0 saturated carbocycles. The van der Waals surface area contributed by atoms with Crippen LogP contribution in [0.2, 0.25) is 5.02 Å². The van der Waals surface area contributed by atoms with Crippen LogP contribution in [-0.4, -0.2) is 36.1 Å². The number of hydrogen-bond donors (Lipinski definition) is 0. The first-order chi connectivity index (χ1) is 8.72. The van der Waals surface area contributed by atoms with Crippen molar-refractivity contribution in [2.24, 2.45) is 0 Å². The van der Waals surface area contributed by atoms with E-state index in [2.05, 4.69) is 0 Å². The van der Waals surface area contributed by atoms with Crippen molar-refractivity contribution < 1.29 is 9.53 Å². The van der Waals surface area contributed by atoms with Crippen LogP contribution in [-0.2, 0) is 16.0 Å². The Labute approximate surface area is 112 Å². The van der Waals surface area contributed by atoms with Crippen molar-refractivity contribution in [1.29, 1.82) is 0 Å². The lowest BCUT2D eigenvalue weighted by molar-refractivity contribution is -0.139. The van der Waals surface area contributed by atoms with E-state index in [1.807, 2.05) is 29.2 Å². The molecule has 2 bridgehead atoms. The van der Waals surface area contributed by atoms with Gasteiger partial charge in [0.05, 0.1) is 18.6 Å². The second kappa shape index (κ2) is 4.90. The molecule has 96 valence electrons. The van der Waals surface area contributed by atoms with Gasteiger partial charge in [-0.15, -0.1) is 0 Å². The van der Waals surface area contributed by atoms with Crippen LogP contribution < -0.4 is 0 Å². The Balaban J connectivity index is 1.67. The average Bonchev–Trinajstić information content (AvgIpc) is 2.71. The standard InChI is InChI=1S/C14H16ClNO2/c15-13-4-2-1-3-10(13)7-14(17)16-8-11-5-6-12(9-16)18-11/h1-4,11-12H,5-9H2. The van der Waals surface area contributed by atoms with Crippen molar-refractivity contribution in [2.45, 2.75) is 31.5 Å². The molecule has 2 unspecified atom stereocenters. The van der Waals surface area contributed by atoms with Crippen molar-refractivity contribution in [1.82, 2.24) is 4.90 Å². The molecule has 0 spiro atoms. The molecule has 1 amide bonds. The lowest BCUT2D eigenvalue weighted by Crippen LogP contribution is -2.46. The summed E-state index contributed by atoms with van der Waals surface area (Å²) in [6, 6.07) is 7.53. The lowest BCUT2D eigenvalue weighted by Gasteiger charge is -2.32. The van der Waals surface area contributed by atoms with Gasteiger partial charge in [-0.3, -0.25) is 4.79 Å². The number of nitrogens with zero attached hydrogens (tertiary/aromatic N) is 1. The van der Waals surface area contributed by atoms with Gasteiger partial charge in [-0.05, 0) is 24.5 Å². The highest BCUT2D eigenvalue weighted by molar-refractivity contribution is 6.31. The maximum absolute atomic E-state index is 12.3. The summed E-state index contributed by atoms with van der Waals surface area (Å²) in [7, 11) is 0. The van der Waals surface area contributed by atoms with Crippen LogP contribution in [0.3, 0.4) is 0 Å². The topological polar surface area (TPSA) is 29.5 Å². The normalized spacial score (nSPS) is 26.4. The van der Waals surface area contributed by atoms with Crippen molar-refractivity contribution in [3.63, 3.8) is 0 Å². The molecule has 0 aromatic heterocycles. The molecular formula is C14H16ClNO2. The third-order valence-electron chi connectivity index (χ3n) is 3.70. The van der Waals surface area contributed by atoms with Crippen LogP contribution in [0, 0.1) is 0 Å². The molecule has 1 aromatic carbocycles. The summed E-state index contributed by atoms with van der Waals surface area (Å²) < 4.78 is 5.73. The Morgan fingerprint density at radius 2 is 1.94 bits per heavy atom. The fourth-order valence-corrected chi connectivity index (χ4v) is 2.94. The maximum atomic E-state index is 12.3. The van der Waals surface area contributed by atoms with Crippen molar-refractivity contribution in [2.75, 3.05) is 13.1 Å². The molecular weight excluding hydrogens is 250 g/mol. The van der Waals surface area contributed by atoms with E-state index in [-0.39, 0.29) is 18.1 Å². The Kier molecular flexibility index (Phi) is 3.27. The predicted octanol–water partition coefficient (Wildman–Crippen LogP) is 2.27. The van der Waals surface area contributed by atoms with Gasteiger partial charge in [-0.25, -0.2) is 0 Å². The van der Waals surface area contributed by atoms with Gasteiger partial charge in [0.15, 0.2) is 0 Å². The van der Waals surface area contributed by atoms with E-state index in [9.17, 15) is 4.79 Å². The molecule has 0 radical (unpaired) electrons. The van der Waals surface area contributed by atoms with Gasteiger partial charge in [-0.2, -0.15) is 0 Å². The third-order valence-corrected chi connectivity index (χ3v) is 4.06. The minimum atomic E-state index is 0.156. The van der Waals surface area contributed by atoms with Crippen molar-refractivity contribution in [3.05, 3.63) is 34.9 Å². The molecule has 2 fully saturated rings. The minimum Gasteiger partial charge on any atom is -0.371 e. The summed E-state index contributed by atoms with van der Waals surface area (Å²) >= 11 is 6.08. The number of halogens is 1. The number of carbonyl (C=O) groups excluding carboxylic acids is 1. The minimum absolute atomic E-state index is 0.156. The molecule has 1 aromatic rings. The van der Waals surface area contributed by atoms with Crippen LogP contribution in [0.15, 0.2) is 24.3 Å². The number of morpholine rings is 1. The second-order valence-corrected chi connectivity index (χ2v) is 5.43. The highest BCUT2D eigenvalue weighted by Crippen LogP contribution is 2.27. The first-order valence-corrected chi connectivity index (χ1v) is 6.77. The van der Waals surface area contributed by atoms with E-state index in [0.717, 1.165) is 31.5 Å². The number of rotatable bonds is 2. The lowest BCUT2D eigenvalue weighted by atomic mass is 10.1. The zero-order chi connectivity index (χ0) is 12.5. The number of ether oxygens (including phenoxy) is 1. The molecule has 2 aliphatic rings. The van der Waals surface area contributed by atoms with E-state index in [1.165, 1.54) is 0 Å². The summed E-state index contributed by atoms with van der Waals surface area (Å²) in [5.41, 5.74) is 0.906. The quantitative estimate of drug-likeness (QED) is 0.821. The first-order valence-electron chi connectivity index (χ1n) is 6.39. The molecule has 2 saturated heterocycles. The molecule has 0 N–H and O–H groups in total. The van der Waals surface area contributed by atoms with Gasteiger partial charge in [0, 0.05) is 18.1 Å². The molecule has 3 rings (SSSR count). The second-order valence-electron chi connectivity index (χ2n) is 5.02. The number of benzene rings is 1. The fraction of sp³-hybridized carbons (Fsp3) is 0.500. The Morgan fingerprint density at radius 3 is 2.61 bits per heavy atom. The van der Waals surface area contributed by atoms with Gasteiger partial charge < -0.3 is 9.64 Å². The maximum Gasteiger partial charge on any atom is 0.227 e. The Morgan fingerprint density at radius 1 is 1.28 bits per heavy atom. The molecule has 18 heavy (non-hydrogen) atoms. The molecule has 0 aliphatic carbocycles. The summed E-state index contributed by atoms with van der Waals surface area (Å²) in [4.78, 5) is 14.2. The van der Waals surface area contributed by atoms with Crippen molar-refractivity contribution >= 4 is 17.5 Å². The summed E-state index contributed by atoms with van der Waals surface area (Å²) in [6.07, 6.45) is 3.05. The molecule has 2 heterocycles. The van der Waals surface area contributed by atoms with Crippen LogP contribution in [0.4, 0.5) is 0 Å². The fourth-order valence-electron chi connectivity index (χ4n) is 2.73. The van der Waals surface area contributed by atoms with Gasteiger partial charge >= 0.3 is 0 Å². The Bertz CT molecular complexity index is 451. The number of fused-ring (bicyclic) bond motifs is 2. The first kappa shape index (κ1) is 12.0. The van der Waals surface area contributed by atoms with Gasteiger partial charge in [0.1, 0.15) is 0 Å². The molecule has 2 aliphatic heterocycles. The SMILES string of the molecule is O=C(Cc1ccccc1Cl)N1CC2CCC(C1)O2. The largest absolute Gasteiger partial charge is 0.371 e. The molecule has 3 nitrogen and oxygen atoms in total. The number of carbonyl (C=O) groups is 1. The molecule has 2 atom stereocenters. The highest BCUT2D eigenvalue weighted by Gasteiger charge is 2.35. The van der Waals surface area contributed by atoms with E-state index in [4.69, 9.17) is 16.3 Å². The van der Waals surface area contributed by atoms with E-state index < -0.39 is 0 Å². The zero-order valence-corrected chi connectivity index (χ0v) is 10.9. The van der Waals surface area contributed by atoms with Crippen molar-refractivity contribution in [3.8, 4) is 0 Å². The summed E-state index contributed by atoms with van der Waals surface area (Å²) in [6.45, 7) is 1.47. The highest BCUT2D eigenvalue weighted by atomic mass is 35.5.